The number of aromatic nitrogens is 1. The van der Waals surface area contributed by atoms with Crippen LogP contribution in [0.3, 0.4) is 0 Å². The van der Waals surface area contributed by atoms with E-state index < -0.39 is 17.9 Å². The summed E-state index contributed by atoms with van der Waals surface area (Å²) in [5.41, 5.74) is 0.268. The van der Waals surface area contributed by atoms with Crippen molar-refractivity contribution in [1.29, 1.82) is 0 Å². The van der Waals surface area contributed by atoms with E-state index >= 15 is 0 Å². The predicted octanol–water partition coefficient (Wildman–Crippen LogP) is 1.13. The molecule has 0 fully saturated rings. The molecule has 2 aromatic heterocycles. The van der Waals surface area contributed by atoms with Gasteiger partial charge >= 0.3 is 0 Å². The number of imide groups is 1. The lowest BCUT2D eigenvalue weighted by Gasteiger charge is -2.08. The first-order valence-electron chi connectivity index (χ1n) is 5.15. The largest absolute Gasteiger partial charge is 0.378 e. The van der Waals surface area contributed by atoms with E-state index in [2.05, 4.69) is 10.3 Å². The summed E-state index contributed by atoms with van der Waals surface area (Å²) in [5, 5.41) is 13.6. The Morgan fingerprint density at radius 2 is 2.17 bits per heavy atom. The van der Waals surface area contributed by atoms with E-state index in [0.717, 1.165) is 0 Å². The number of pyridine rings is 1. The number of nitrogens with one attached hydrogen (secondary N) is 1. The summed E-state index contributed by atoms with van der Waals surface area (Å²) in [5.74, 6) is -1.32. The number of nitrogens with zero attached hydrogens (tertiary/aromatic N) is 1. The molecule has 0 aliphatic heterocycles. The zero-order valence-electron chi connectivity index (χ0n) is 9.24. The topological polar surface area (TPSA) is 79.3 Å². The molecule has 0 aliphatic rings. The van der Waals surface area contributed by atoms with Crippen LogP contribution in [0.5, 0.6) is 0 Å². The van der Waals surface area contributed by atoms with E-state index in [9.17, 15) is 14.7 Å². The molecule has 0 aliphatic carbocycles. The van der Waals surface area contributed by atoms with E-state index in [1.165, 1.54) is 29.8 Å². The van der Waals surface area contributed by atoms with Gasteiger partial charge in [0, 0.05) is 17.3 Å². The predicted molar refractivity (Wildman–Crippen MR) is 66.0 cm³/mol. The Labute approximate surface area is 107 Å². The fourth-order valence-electron chi connectivity index (χ4n) is 1.33. The van der Waals surface area contributed by atoms with E-state index in [0.29, 0.717) is 4.88 Å². The zero-order chi connectivity index (χ0) is 13.0. The molecule has 2 N–H and O–H groups in total. The lowest BCUT2D eigenvalue weighted by atomic mass is 10.2. The van der Waals surface area contributed by atoms with Crippen LogP contribution < -0.4 is 5.32 Å². The van der Waals surface area contributed by atoms with Crippen LogP contribution in [0.4, 0.5) is 0 Å². The second kappa shape index (κ2) is 5.52. The molecule has 18 heavy (non-hydrogen) atoms. The van der Waals surface area contributed by atoms with Crippen LogP contribution in [0.2, 0.25) is 0 Å². The fourth-order valence-corrected chi connectivity index (χ4v) is 2.03. The van der Waals surface area contributed by atoms with Gasteiger partial charge in [-0.1, -0.05) is 6.07 Å². The first kappa shape index (κ1) is 12.4. The Kier molecular flexibility index (Phi) is 3.81. The lowest BCUT2D eigenvalue weighted by Crippen LogP contribution is -2.34. The summed E-state index contributed by atoms with van der Waals surface area (Å²) >= 11 is 1.25. The Morgan fingerprint density at radius 3 is 2.78 bits per heavy atom. The van der Waals surface area contributed by atoms with E-state index in [-0.39, 0.29) is 5.56 Å². The van der Waals surface area contributed by atoms with Crippen LogP contribution in [0.25, 0.3) is 0 Å². The normalized spacial score (nSPS) is 11.8. The van der Waals surface area contributed by atoms with Gasteiger partial charge in [-0.15, -0.1) is 11.3 Å². The van der Waals surface area contributed by atoms with Crippen molar-refractivity contribution in [3.8, 4) is 0 Å². The molecule has 92 valence electrons. The molecular weight excluding hydrogens is 252 g/mol. The molecule has 0 spiro atoms. The summed E-state index contributed by atoms with van der Waals surface area (Å²) in [6.45, 7) is 0. The van der Waals surface area contributed by atoms with Gasteiger partial charge in [0.25, 0.3) is 11.8 Å². The number of rotatable bonds is 3. The maximum absolute atomic E-state index is 11.6. The highest BCUT2D eigenvalue weighted by Gasteiger charge is 2.20. The van der Waals surface area contributed by atoms with Crippen molar-refractivity contribution >= 4 is 23.2 Å². The van der Waals surface area contributed by atoms with E-state index in [4.69, 9.17) is 0 Å². The van der Waals surface area contributed by atoms with Crippen molar-refractivity contribution in [3.63, 3.8) is 0 Å². The van der Waals surface area contributed by atoms with Gasteiger partial charge < -0.3 is 5.11 Å². The van der Waals surface area contributed by atoms with Crippen LogP contribution in [0.15, 0.2) is 42.0 Å². The van der Waals surface area contributed by atoms with Gasteiger partial charge in [0.15, 0.2) is 6.10 Å². The van der Waals surface area contributed by atoms with Gasteiger partial charge in [-0.05, 0) is 23.6 Å². The second-order valence-electron chi connectivity index (χ2n) is 3.48. The number of hydrogen-bond acceptors (Lipinski definition) is 5. The quantitative estimate of drug-likeness (QED) is 0.869. The molecule has 0 radical (unpaired) electrons. The highest BCUT2D eigenvalue weighted by molar-refractivity contribution is 7.10. The number of carbonyl (C=O) groups excluding carboxylic acids is 2. The zero-order valence-corrected chi connectivity index (χ0v) is 10.1. The molecule has 0 aromatic carbocycles. The summed E-state index contributed by atoms with van der Waals surface area (Å²) < 4.78 is 0. The van der Waals surface area contributed by atoms with Gasteiger partial charge in [0.1, 0.15) is 0 Å². The average Bonchev–Trinajstić information content (AvgIpc) is 2.92. The van der Waals surface area contributed by atoms with Gasteiger partial charge in [-0.2, -0.15) is 0 Å². The summed E-state index contributed by atoms with van der Waals surface area (Å²) in [7, 11) is 0. The maximum Gasteiger partial charge on any atom is 0.261 e. The van der Waals surface area contributed by atoms with Crippen molar-refractivity contribution < 1.29 is 14.7 Å². The summed E-state index contributed by atoms with van der Waals surface area (Å²) in [6.07, 6.45) is 1.55. The van der Waals surface area contributed by atoms with Crippen molar-refractivity contribution in [2.24, 2.45) is 0 Å². The van der Waals surface area contributed by atoms with Crippen LogP contribution in [-0.4, -0.2) is 21.9 Å². The smallest absolute Gasteiger partial charge is 0.261 e. The van der Waals surface area contributed by atoms with Gasteiger partial charge in [0.2, 0.25) is 0 Å². The van der Waals surface area contributed by atoms with Crippen LogP contribution in [0, 0.1) is 0 Å². The van der Waals surface area contributed by atoms with Crippen molar-refractivity contribution in [1.82, 2.24) is 10.3 Å². The first-order chi connectivity index (χ1) is 8.68. The Hall–Kier alpha value is -2.05. The molecule has 6 heteroatoms. The van der Waals surface area contributed by atoms with Crippen molar-refractivity contribution in [3.05, 3.63) is 52.5 Å². The Bertz CT molecular complexity index is 540. The maximum atomic E-state index is 11.6. The molecule has 1 atom stereocenters. The number of carbonyl (C=O) groups is 2. The van der Waals surface area contributed by atoms with E-state index in [1.807, 2.05) is 0 Å². The number of aliphatic hydroxyl groups excluding tert-OH is 1. The van der Waals surface area contributed by atoms with Gasteiger partial charge in [0.05, 0.1) is 5.56 Å². The molecule has 5 nitrogen and oxygen atoms in total. The molecule has 2 rings (SSSR count). The standard InChI is InChI=1S/C12H10N2O3S/c15-10(9-4-2-6-18-9)12(17)14-11(16)8-3-1-5-13-7-8/h1-7,10,15H,(H,14,16,17). The monoisotopic (exact) mass is 262 g/mol. The minimum Gasteiger partial charge on any atom is -0.378 e. The van der Waals surface area contributed by atoms with E-state index in [1.54, 1.807) is 23.6 Å². The number of thiophene rings is 1. The van der Waals surface area contributed by atoms with Crippen molar-refractivity contribution in [2.75, 3.05) is 0 Å². The molecule has 2 aromatic rings. The first-order valence-corrected chi connectivity index (χ1v) is 6.03. The third-order valence-corrected chi connectivity index (χ3v) is 3.15. The molecule has 0 bridgehead atoms. The number of amides is 2. The molecule has 2 heterocycles. The van der Waals surface area contributed by atoms with Crippen LogP contribution in [-0.2, 0) is 4.79 Å². The van der Waals surface area contributed by atoms with Gasteiger partial charge in [-0.25, -0.2) is 0 Å². The molecule has 2 amide bonds. The third kappa shape index (κ3) is 2.79. The molecule has 0 saturated carbocycles. The average molecular weight is 262 g/mol. The molecule has 0 saturated heterocycles. The molecule has 1 unspecified atom stereocenters. The highest BCUT2D eigenvalue weighted by atomic mass is 32.1. The minimum absolute atomic E-state index is 0.268. The Morgan fingerprint density at radius 1 is 1.33 bits per heavy atom. The summed E-state index contributed by atoms with van der Waals surface area (Å²) in [4.78, 5) is 27.5. The fraction of sp³-hybridized carbons (Fsp3) is 0.0833. The minimum atomic E-state index is -1.33. The SMILES string of the molecule is O=C(NC(=O)C(O)c1cccs1)c1cccnc1. The van der Waals surface area contributed by atoms with Crippen molar-refractivity contribution in [2.45, 2.75) is 6.10 Å². The van der Waals surface area contributed by atoms with Crippen LogP contribution >= 0.6 is 11.3 Å². The van der Waals surface area contributed by atoms with Gasteiger partial charge in [-0.3, -0.25) is 19.9 Å². The third-order valence-electron chi connectivity index (χ3n) is 2.22. The van der Waals surface area contributed by atoms with Crippen LogP contribution in [0.1, 0.15) is 21.3 Å². The second-order valence-corrected chi connectivity index (χ2v) is 4.46. The lowest BCUT2D eigenvalue weighted by molar-refractivity contribution is -0.128. The number of hydrogen-bond donors (Lipinski definition) is 2. The summed E-state index contributed by atoms with van der Waals surface area (Å²) in [6, 6.07) is 6.48. The highest BCUT2D eigenvalue weighted by Crippen LogP contribution is 2.18. The Balaban J connectivity index is 2.02. The molecular formula is C12H10N2O3S. The number of aliphatic hydroxyl groups is 1.